The highest BCUT2D eigenvalue weighted by Crippen LogP contribution is 2.31. The lowest BCUT2D eigenvalue weighted by Crippen LogP contribution is -2.29. The first-order chi connectivity index (χ1) is 16.4. The van der Waals surface area contributed by atoms with Gasteiger partial charge in [-0.3, -0.25) is 4.57 Å². The van der Waals surface area contributed by atoms with Crippen molar-refractivity contribution in [2.75, 3.05) is 5.32 Å². The van der Waals surface area contributed by atoms with E-state index in [9.17, 15) is 4.79 Å². The predicted octanol–water partition coefficient (Wildman–Crippen LogP) is 6.80. The number of nitrogens with zero attached hydrogens (tertiary/aromatic N) is 3. The van der Waals surface area contributed by atoms with Crippen molar-refractivity contribution in [2.24, 2.45) is 0 Å². The second kappa shape index (κ2) is 11.0. The molecule has 6 nitrogen and oxygen atoms in total. The summed E-state index contributed by atoms with van der Waals surface area (Å²) in [4.78, 5) is 12.5. The van der Waals surface area contributed by atoms with Gasteiger partial charge in [-0.1, -0.05) is 77.4 Å². The average Bonchev–Trinajstić information content (AvgIpc) is 3.23. The van der Waals surface area contributed by atoms with E-state index in [1.165, 1.54) is 11.1 Å². The van der Waals surface area contributed by atoms with E-state index in [2.05, 4.69) is 39.9 Å². The number of para-hydroxylation sites is 1. The summed E-state index contributed by atoms with van der Waals surface area (Å²) in [6.07, 6.45) is 0. The maximum Gasteiger partial charge on any atom is 0.319 e. The number of hydrogen-bond donors (Lipinski definition) is 2. The molecule has 0 aliphatic carbocycles. The number of aryl methyl sites for hydroxylation is 2. The van der Waals surface area contributed by atoms with Crippen LogP contribution in [0, 0.1) is 13.8 Å². The molecule has 0 aliphatic rings. The van der Waals surface area contributed by atoms with E-state index in [1.54, 1.807) is 30.0 Å². The third-order valence-electron chi connectivity index (χ3n) is 5.27. The Morgan fingerprint density at radius 2 is 1.71 bits per heavy atom. The van der Waals surface area contributed by atoms with Crippen LogP contribution in [0.4, 0.5) is 10.5 Å². The van der Waals surface area contributed by atoms with Gasteiger partial charge in [-0.2, -0.15) is 0 Å². The Kier molecular flexibility index (Phi) is 7.77. The number of urea groups is 1. The largest absolute Gasteiger partial charge is 0.331 e. The van der Waals surface area contributed by atoms with Crippen molar-refractivity contribution < 1.29 is 4.79 Å². The molecule has 4 aromatic rings. The number of thioether (sulfide) groups is 1. The SMILES string of the molecule is Cc1ccccc1CSc1nnc(CNC(=O)Nc2ccccc2C)n1-c1cc(Cl)ccc1Cl. The molecule has 34 heavy (non-hydrogen) atoms. The number of hydrogen-bond acceptors (Lipinski definition) is 4. The molecule has 0 saturated carbocycles. The van der Waals surface area contributed by atoms with Crippen molar-refractivity contribution in [3.8, 4) is 5.69 Å². The molecule has 174 valence electrons. The van der Waals surface area contributed by atoms with E-state index >= 15 is 0 Å². The highest BCUT2D eigenvalue weighted by Gasteiger charge is 2.18. The molecule has 0 atom stereocenters. The Balaban J connectivity index is 1.58. The van der Waals surface area contributed by atoms with Crippen molar-refractivity contribution in [2.45, 2.75) is 31.3 Å². The van der Waals surface area contributed by atoms with Gasteiger partial charge in [-0.25, -0.2) is 4.79 Å². The van der Waals surface area contributed by atoms with Gasteiger partial charge in [0.25, 0.3) is 0 Å². The molecule has 2 N–H and O–H groups in total. The standard InChI is InChI=1S/C25H23Cl2N5OS/c1-16-7-3-5-9-18(16)15-34-25-31-30-23(32(25)22-13-19(26)11-12-20(22)27)14-28-24(33)29-21-10-6-4-8-17(21)2/h3-13H,14-15H2,1-2H3,(H2,28,29,33). The van der Waals surface area contributed by atoms with Gasteiger partial charge in [0.1, 0.15) is 0 Å². The molecule has 3 aromatic carbocycles. The average molecular weight is 512 g/mol. The van der Waals surface area contributed by atoms with Crippen LogP contribution in [0.25, 0.3) is 5.69 Å². The molecule has 0 saturated heterocycles. The number of anilines is 1. The molecular weight excluding hydrogens is 489 g/mol. The molecule has 0 unspecified atom stereocenters. The summed E-state index contributed by atoms with van der Waals surface area (Å²) in [5.41, 5.74) is 4.78. The second-order valence-electron chi connectivity index (χ2n) is 7.67. The first kappa shape index (κ1) is 24.1. The summed E-state index contributed by atoms with van der Waals surface area (Å²) in [6.45, 7) is 4.17. The predicted molar refractivity (Wildman–Crippen MR) is 139 cm³/mol. The topological polar surface area (TPSA) is 71.8 Å². The molecule has 4 rings (SSSR count). The normalized spacial score (nSPS) is 10.8. The number of amides is 2. The minimum absolute atomic E-state index is 0.151. The van der Waals surface area contributed by atoms with Crippen LogP contribution in [-0.4, -0.2) is 20.8 Å². The maximum absolute atomic E-state index is 12.5. The molecule has 9 heteroatoms. The number of rotatable bonds is 7. The van der Waals surface area contributed by atoms with Crippen LogP contribution < -0.4 is 10.6 Å². The number of benzene rings is 3. The van der Waals surface area contributed by atoms with Gasteiger partial charge in [0.05, 0.1) is 17.3 Å². The molecule has 2 amide bonds. The minimum Gasteiger partial charge on any atom is -0.331 e. The number of nitrogens with one attached hydrogen (secondary N) is 2. The van der Waals surface area contributed by atoms with Crippen LogP contribution in [0.3, 0.4) is 0 Å². The lowest BCUT2D eigenvalue weighted by Gasteiger charge is -2.14. The van der Waals surface area contributed by atoms with Crippen LogP contribution in [0.1, 0.15) is 22.5 Å². The first-order valence-electron chi connectivity index (χ1n) is 10.6. The highest BCUT2D eigenvalue weighted by molar-refractivity contribution is 7.98. The summed E-state index contributed by atoms with van der Waals surface area (Å²) in [5, 5.41) is 16.1. The molecule has 0 bridgehead atoms. The molecule has 0 radical (unpaired) electrons. The lowest BCUT2D eigenvalue weighted by atomic mass is 10.1. The first-order valence-corrected chi connectivity index (χ1v) is 12.3. The number of aromatic nitrogens is 3. The van der Waals surface area contributed by atoms with E-state index in [0.29, 0.717) is 32.5 Å². The fraction of sp³-hybridized carbons (Fsp3) is 0.160. The second-order valence-corrected chi connectivity index (χ2v) is 9.45. The fourth-order valence-corrected chi connectivity index (χ4v) is 4.77. The zero-order valence-corrected chi connectivity index (χ0v) is 21.0. The third kappa shape index (κ3) is 5.73. The summed E-state index contributed by atoms with van der Waals surface area (Å²) in [7, 11) is 0. The van der Waals surface area contributed by atoms with Gasteiger partial charge in [-0.05, 0) is 54.8 Å². The van der Waals surface area contributed by atoms with E-state index < -0.39 is 0 Å². The molecule has 1 heterocycles. The van der Waals surface area contributed by atoms with Crippen molar-refractivity contribution in [1.82, 2.24) is 20.1 Å². The van der Waals surface area contributed by atoms with E-state index in [1.807, 2.05) is 47.9 Å². The smallest absolute Gasteiger partial charge is 0.319 e. The third-order valence-corrected chi connectivity index (χ3v) is 6.80. The van der Waals surface area contributed by atoms with Crippen molar-refractivity contribution in [3.05, 3.63) is 99.3 Å². The van der Waals surface area contributed by atoms with Gasteiger partial charge < -0.3 is 10.6 Å². The molecule has 0 spiro atoms. The Morgan fingerprint density at radius 3 is 2.47 bits per heavy atom. The van der Waals surface area contributed by atoms with Gasteiger partial charge in [0, 0.05) is 16.5 Å². The monoisotopic (exact) mass is 511 g/mol. The van der Waals surface area contributed by atoms with Crippen molar-refractivity contribution in [3.63, 3.8) is 0 Å². The zero-order chi connectivity index (χ0) is 24.1. The Morgan fingerprint density at radius 1 is 0.971 bits per heavy atom. The van der Waals surface area contributed by atoms with Crippen molar-refractivity contribution >= 4 is 46.7 Å². The van der Waals surface area contributed by atoms with Gasteiger partial charge in [0.15, 0.2) is 11.0 Å². The lowest BCUT2D eigenvalue weighted by molar-refractivity contribution is 0.251. The zero-order valence-electron chi connectivity index (χ0n) is 18.7. The van der Waals surface area contributed by atoms with Gasteiger partial charge >= 0.3 is 6.03 Å². The summed E-state index contributed by atoms with van der Waals surface area (Å²) >= 11 is 14.3. The number of carbonyl (C=O) groups excluding carboxylic acids is 1. The summed E-state index contributed by atoms with van der Waals surface area (Å²) < 4.78 is 1.84. The van der Waals surface area contributed by atoms with E-state index in [4.69, 9.17) is 23.2 Å². The summed E-state index contributed by atoms with van der Waals surface area (Å²) in [5.74, 6) is 1.25. The van der Waals surface area contributed by atoms with Gasteiger partial charge in [-0.15, -0.1) is 10.2 Å². The van der Waals surface area contributed by atoms with E-state index in [0.717, 1.165) is 11.3 Å². The minimum atomic E-state index is -0.338. The maximum atomic E-state index is 12.5. The molecule has 1 aromatic heterocycles. The fourth-order valence-electron chi connectivity index (χ4n) is 3.36. The Bertz CT molecular complexity index is 1320. The van der Waals surface area contributed by atoms with Crippen LogP contribution in [0.15, 0.2) is 71.9 Å². The van der Waals surface area contributed by atoms with Crippen molar-refractivity contribution in [1.29, 1.82) is 0 Å². The summed E-state index contributed by atoms with van der Waals surface area (Å²) in [6, 6.07) is 20.7. The van der Waals surface area contributed by atoms with E-state index in [-0.39, 0.29) is 12.6 Å². The van der Waals surface area contributed by atoms with Crippen LogP contribution in [0.5, 0.6) is 0 Å². The quantitative estimate of drug-likeness (QED) is 0.267. The number of halogens is 2. The van der Waals surface area contributed by atoms with Crippen LogP contribution in [0.2, 0.25) is 10.0 Å². The molecule has 0 aliphatic heterocycles. The highest BCUT2D eigenvalue weighted by atomic mass is 35.5. The van der Waals surface area contributed by atoms with Crippen LogP contribution in [-0.2, 0) is 12.3 Å². The molecule has 0 fully saturated rings. The molecular formula is C25H23Cl2N5OS. The van der Waals surface area contributed by atoms with Crippen LogP contribution >= 0.6 is 35.0 Å². The Labute approximate surface area is 212 Å². The number of carbonyl (C=O) groups is 1. The Hall–Kier alpha value is -3.00. The van der Waals surface area contributed by atoms with Gasteiger partial charge in [0.2, 0.25) is 0 Å².